The number of hydrogen-bond donors (Lipinski definition) is 0. The van der Waals surface area contributed by atoms with Crippen LogP contribution in [0, 0.1) is 5.82 Å². The average Bonchev–Trinajstić information content (AvgIpc) is 3.03. The quantitative estimate of drug-likeness (QED) is 0.677. The zero-order chi connectivity index (χ0) is 17.1. The minimum Gasteiger partial charge on any atom is -0.337 e. The molecule has 2 aromatic carbocycles. The molecule has 0 spiro atoms. The van der Waals surface area contributed by atoms with Gasteiger partial charge in [0.15, 0.2) is 0 Å². The molecule has 0 bridgehead atoms. The molecule has 1 heterocycles. The monoisotopic (exact) mass is 387 g/mol. The van der Waals surface area contributed by atoms with Crippen LogP contribution in [0.3, 0.4) is 0 Å². The van der Waals surface area contributed by atoms with E-state index in [1.807, 2.05) is 36.5 Å². The van der Waals surface area contributed by atoms with Gasteiger partial charge in [-0.25, -0.2) is 9.07 Å². The number of rotatable bonds is 4. The van der Waals surface area contributed by atoms with Crippen molar-refractivity contribution in [3.63, 3.8) is 0 Å². The number of nitrogens with zero attached hydrogens (tertiary/aromatic N) is 3. The van der Waals surface area contributed by atoms with Crippen molar-refractivity contribution in [3.05, 3.63) is 82.3 Å². The van der Waals surface area contributed by atoms with Crippen LogP contribution >= 0.6 is 15.9 Å². The third kappa shape index (κ3) is 3.54. The summed E-state index contributed by atoms with van der Waals surface area (Å²) in [4.78, 5) is 14.1. The Kier molecular flexibility index (Phi) is 4.76. The van der Waals surface area contributed by atoms with E-state index in [9.17, 15) is 9.18 Å². The van der Waals surface area contributed by atoms with E-state index in [-0.39, 0.29) is 11.7 Å². The van der Waals surface area contributed by atoms with E-state index in [1.54, 1.807) is 22.8 Å². The molecule has 3 rings (SSSR count). The van der Waals surface area contributed by atoms with Crippen LogP contribution in [0.4, 0.5) is 4.39 Å². The van der Waals surface area contributed by atoms with Crippen molar-refractivity contribution in [1.82, 2.24) is 14.7 Å². The second-order valence-corrected chi connectivity index (χ2v) is 6.27. The summed E-state index contributed by atoms with van der Waals surface area (Å²) in [5.74, 6) is -0.570. The van der Waals surface area contributed by atoms with Crippen LogP contribution < -0.4 is 0 Å². The van der Waals surface area contributed by atoms with E-state index in [1.165, 1.54) is 18.2 Å². The lowest BCUT2D eigenvalue weighted by Gasteiger charge is -2.17. The predicted molar refractivity (Wildman–Crippen MR) is 93.5 cm³/mol. The minimum absolute atomic E-state index is 0.186. The van der Waals surface area contributed by atoms with Crippen LogP contribution in [0.2, 0.25) is 0 Å². The molecule has 3 aromatic rings. The van der Waals surface area contributed by atoms with Gasteiger partial charge in [0.1, 0.15) is 5.82 Å². The Morgan fingerprint density at radius 3 is 2.71 bits per heavy atom. The lowest BCUT2D eigenvalue weighted by atomic mass is 10.2. The van der Waals surface area contributed by atoms with Crippen LogP contribution in [0.1, 0.15) is 15.9 Å². The van der Waals surface area contributed by atoms with E-state index in [0.717, 1.165) is 11.3 Å². The summed E-state index contributed by atoms with van der Waals surface area (Å²) in [5, 5.41) is 4.32. The van der Waals surface area contributed by atoms with Gasteiger partial charge in [0.2, 0.25) is 0 Å². The molecule has 0 radical (unpaired) electrons. The normalized spacial score (nSPS) is 10.6. The van der Waals surface area contributed by atoms with Gasteiger partial charge in [-0.15, -0.1) is 0 Å². The number of aromatic nitrogens is 2. The van der Waals surface area contributed by atoms with Gasteiger partial charge in [0, 0.05) is 29.8 Å². The lowest BCUT2D eigenvalue weighted by Crippen LogP contribution is -2.26. The molecule has 6 heteroatoms. The highest BCUT2D eigenvalue weighted by atomic mass is 79.9. The molecule has 1 aromatic heterocycles. The molecule has 0 unspecified atom stereocenters. The third-order valence-electron chi connectivity index (χ3n) is 3.58. The smallest absolute Gasteiger partial charge is 0.255 e. The van der Waals surface area contributed by atoms with E-state index in [2.05, 4.69) is 21.0 Å². The van der Waals surface area contributed by atoms with Gasteiger partial charge in [0.25, 0.3) is 5.91 Å². The summed E-state index contributed by atoms with van der Waals surface area (Å²) in [6.45, 7) is 0.412. The fraction of sp³-hybridized carbons (Fsp3) is 0.111. The van der Waals surface area contributed by atoms with Gasteiger partial charge in [-0.3, -0.25) is 4.79 Å². The molecule has 0 aliphatic heterocycles. The minimum atomic E-state index is -0.384. The Balaban J connectivity index is 1.74. The first-order valence-electron chi connectivity index (χ1n) is 7.34. The maximum absolute atomic E-state index is 13.2. The van der Waals surface area contributed by atoms with Gasteiger partial charge in [-0.1, -0.05) is 18.2 Å². The molecule has 0 aliphatic carbocycles. The van der Waals surface area contributed by atoms with Gasteiger partial charge in [-0.2, -0.15) is 5.10 Å². The maximum atomic E-state index is 13.2. The number of carbonyl (C=O) groups excluding carboxylic acids is 1. The van der Waals surface area contributed by atoms with Gasteiger partial charge in [0.05, 0.1) is 17.4 Å². The Morgan fingerprint density at radius 2 is 2.00 bits per heavy atom. The first-order chi connectivity index (χ1) is 11.5. The topological polar surface area (TPSA) is 38.1 Å². The molecule has 24 heavy (non-hydrogen) atoms. The van der Waals surface area contributed by atoms with Crippen molar-refractivity contribution in [2.24, 2.45) is 0 Å². The molecule has 0 saturated carbocycles. The van der Waals surface area contributed by atoms with Crippen molar-refractivity contribution in [2.45, 2.75) is 6.54 Å². The lowest BCUT2D eigenvalue weighted by molar-refractivity contribution is 0.0784. The molecular weight excluding hydrogens is 373 g/mol. The number of benzene rings is 2. The summed E-state index contributed by atoms with van der Waals surface area (Å²) in [6.07, 6.45) is 3.62. The van der Waals surface area contributed by atoms with Gasteiger partial charge in [-0.05, 0) is 46.3 Å². The van der Waals surface area contributed by atoms with Crippen LogP contribution in [0.15, 0.2) is 65.4 Å². The average molecular weight is 388 g/mol. The summed E-state index contributed by atoms with van der Waals surface area (Å²) in [7, 11) is 1.71. The largest absolute Gasteiger partial charge is 0.337 e. The van der Waals surface area contributed by atoms with Crippen LogP contribution in [0.5, 0.6) is 0 Å². The first-order valence-corrected chi connectivity index (χ1v) is 8.13. The first kappa shape index (κ1) is 16.4. The van der Waals surface area contributed by atoms with Crippen molar-refractivity contribution < 1.29 is 9.18 Å². The molecular formula is C18H15BrFN3O. The molecule has 122 valence electrons. The Hall–Kier alpha value is -2.47. The zero-order valence-corrected chi connectivity index (χ0v) is 14.6. The van der Waals surface area contributed by atoms with Crippen LogP contribution in [-0.4, -0.2) is 27.6 Å². The van der Waals surface area contributed by atoms with Gasteiger partial charge >= 0.3 is 0 Å². The second-order valence-electron chi connectivity index (χ2n) is 5.41. The Labute approximate surface area is 147 Å². The molecule has 0 N–H and O–H groups in total. The highest BCUT2D eigenvalue weighted by Crippen LogP contribution is 2.20. The Bertz CT molecular complexity index is 864. The van der Waals surface area contributed by atoms with Crippen LogP contribution in [0.25, 0.3) is 5.69 Å². The van der Waals surface area contributed by atoms with E-state index in [4.69, 9.17) is 0 Å². The molecule has 0 atom stereocenters. The van der Waals surface area contributed by atoms with Crippen LogP contribution in [-0.2, 0) is 6.54 Å². The van der Waals surface area contributed by atoms with E-state index >= 15 is 0 Å². The molecule has 0 saturated heterocycles. The summed E-state index contributed by atoms with van der Waals surface area (Å²) < 4.78 is 15.4. The number of carbonyl (C=O) groups is 1. The second kappa shape index (κ2) is 6.97. The van der Waals surface area contributed by atoms with Crippen molar-refractivity contribution in [3.8, 4) is 5.69 Å². The summed E-state index contributed by atoms with van der Waals surface area (Å²) in [5.41, 5.74) is 2.29. The molecule has 1 amide bonds. The highest BCUT2D eigenvalue weighted by molar-refractivity contribution is 9.10. The molecule has 0 fully saturated rings. The fourth-order valence-electron chi connectivity index (χ4n) is 2.38. The van der Waals surface area contributed by atoms with Gasteiger partial charge < -0.3 is 4.90 Å². The third-order valence-corrected chi connectivity index (χ3v) is 4.24. The Morgan fingerprint density at radius 1 is 1.25 bits per heavy atom. The molecule has 4 nitrogen and oxygen atoms in total. The number of halogens is 2. The maximum Gasteiger partial charge on any atom is 0.255 e. The predicted octanol–water partition coefficient (Wildman–Crippen LogP) is 4.05. The summed E-state index contributed by atoms with van der Waals surface area (Å²) in [6, 6.07) is 13.8. The standard InChI is InChI=1S/C18H15BrFN3O/c1-22(18(24)16-8-7-14(20)9-17(16)19)11-13-10-21-23(12-13)15-5-3-2-4-6-15/h2-10,12H,11H2,1H3. The van der Waals surface area contributed by atoms with E-state index in [0.29, 0.717) is 16.6 Å². The van der Waals surface area contributed by atoms with Crippen molar-refractivity contribution >= 4 is 21.8 Å². The fourth-order valence-corrected chi connectivity index (χ4v) is 2.90. The number of hydrogen-bond acceptors (Lipinski definition) is 2. The zero-order valence-electron chi connectivity index (χ0n) is 13.0. The highest BCUT2D eigenvalue weighted by Gasteiger charge is 2.16. The number of para-hydroxylation sites is 1. The molecule has 0 aliphatic rings. The van der Waals surface area contributed by atoms with E-state index < -0.39 is 0 Å². The number of amides is 1. The van der Waals surface area contributed by atoms with Crippen molar-refractivity contribution in [1.29, 1.82) is 0 Å². The summed E-state index contributed by atoms with van der Waals surface area (Å²) >= 11 is 3.23. The SMILES string of the molecule is CN(Cc1cnn(-c2ccccc2)c1)C(=O)c1ccc(F)cc1Br. The van der Waals surface area contributed by atoms with Crippen molar-refractivity contribution in [2.75, 3.05) is 7.05 Å².